The van der Waals surface area contributed by atoms with Gasteiger partial charge in [0.1, 0.15) is 11.6 Å². The molecule has 0 amide bonds. The maximum Gasteiger partial charge on any atom is 2.00 e. The quantitative estimate of drug-likeness (QED) is 0.167. The summed E-state index contributed by atoms with van der Waals surface area (Å²) in [4.78, 5) is 0. The fourth-order valence-electron chi connectivity index (χ4n) is 5.69. The van der Waals surface area contributed by atoms with Crippen LogP contribution in [0.25, 0.3) is 0 Å². The van der Waals surface area contributed by atoms with Gasteiger partial charge in [-0.05, 0) is 147 Å². The van der Waals surface area contributed by atoms with Crippen LogP contribution in [0.5, 0.6) is 0 Å². The van der Waals surface area contributed by atoms with Gasteiger partial charge in [-0.15, -0.1) is 0 Å². The van der Waals surface area contributed by atoms with Crippen LogP contribution in [0.2, 0.25) is 0 Å². The van der Waals surface area contributed by atoms with Crippen molar-refractivity contribution in [1.82, 2.24) is 0 Å². The van der Waals surface area contributed by atoms with Crippen LogP contribution in [-0.4, -0.2) is 23.2 Å². The van der Waals surface area contributed by atoms with Crippen molar-refractivity contribution < 1.29 is 62.6 Å². The summed E-state index contributed by atoms with van der Waals surface area (Å²) in [6.07, 6.45) is 23.1. The standard InChI is InChI=1S/C27H33F2P2.C7H9.C5H5.C2H3N.BF4.Fe.Ru/c1-19(24-9-8-10-25(24)31(26(2,3)4)27(5,6)7)30(22-15-11-20(28)12-16-22)23-17-13-21(29)14-18-23;1-6-3-4-7(2)5-6;1-2-4-5-3-1;1-2-3;2-1(3,4)5;;/h8-19H,1-7H3;3-5H,1-2H3;1-5H;1H3;;;/q;;;;-1;2*+2/t19-;;;;;;/m1....../s1. The first-order valence-electron chi connectivity index (χ1n) is 16.5. The summed E-state index contributed by atoms with van der Waals surface area (Å²) in [5, 5.41) is 9.88. The summed E-state index contributed by atoms with van der Waals surface area (Å²) in [6, 6.07) is 15.4. The van der Waals surface area contributed by atoms with Crippen molar-refractivity contribution in [3.05, 3.63) is 154 Å². The first-order valence-corrected chi connectivity index (χ1v) is 19.3. The number of benzene rings is 2. The van der Waals surface area contributed by atoms with Gasteiger partial charge in [-0.25, -0.2) is 8.78 Å². The average molecular weight is 901 g/mol. The molecule has 0 spiro atoms. The second-order valence-electron chi connectivity index (χ2n) is 13.7. The van der Waals surface area contributed by atoms with Crippen LogP contribution in [0.1, 0.15) is 69.2 Å². The number of hydrogen-bond donors (Lipinski definition) is 0. The smallest absolute Gasteiger partial charge is 0.418 e. The zero-order valence-electron chi connectivity index (χ0n) is 31.9. The Balaban J connectivity index is 0. The molecule has 0 aliphatic heterocycles. The van der Waals surface area contributed by atoms with Crippen LogP contribution < -0.4 is 10.6 Å². The van der Waals surface area contributed by atoms with E-state index in [4.69, 9.17) is 5.26 Å². The van der Waals surface area contributed by atoms with Crippen LogP contribution in [-0.2, 0) is 36.5 Å². The molecule has 0 saturated heterocycles. The molecule has 0 unspecified atom stereocenters. The molecule has 1 atom stereocenters. The second-order valence-corrected chi connectivity index (χ2v) is 20.1. The molecule has 287 valence electrons. The molecule has 2 aromatic carbocycles. The first kappa shape index (κ1) is 54.7. The van der Waals surface area contributed by atoms with Gasteiger partial charge in [0, 0.05) is 12.6 Å². The molecular formula is C41H50BF6FeNP2Ru+3. The molecule has 3 fully saturated rings. The third-order valence-electron chi connectivity index (χ3n) is 7.08. The van der Waals surface area contributed by atoms with Crippen molar-refractivity contribution in [2.45, 2.75) is 85.2 Å². The normalized spacial score (nSPS) is 17.4. The summed E-state index contributed by atoms with van der Waals surface area (Å²) >= 11 is 0. The van der Waals surface area contributed by atoms with E-state index in [-0.39, 0.29) is 64.2 Å². The predicted octanol–water partition coefficient (Wildman–Crippen LogP) is 12.2. The molecule has 53 heavy (non-hydrogen) atoms. The fourth-order valence-corrected chi connectivity index (χ4v) is 12.6. The van der Waals surface area contributed by atoms with Gasteiger partial charge in [-0.3, -0.25) is 0 Å². The zero-order valence-corrected chi connectivity index (χ0v) is 36.6. The Bertz CT molecular complexity index is 1200. The third-order valence-corrected chi connectivity index (χ3v) is 13.4. The fraction of sp³-hybridized carbons (Fsp3) is 0.317. The Labute approximate surface area is 345 Å². The van der Waals surface area contributed by atoms with E-state index in [0.29, 0.717) is 0 Å². The van der Waals surface area contributed by atoms with Crippen molar-refractivity contribution in [2.24, 2.45) is 0 Å². The Hall–Kier alpha value is -0.422. The summed E-state index contributed by atoms with van der Waals surface area (Å²) in [6.45, 7) is 22.0. The van der Waals surface area contributed by atoms with Crippen molar-refractivity contribution in [1.29, 1.82) is 5.26 Å². The third kappa shape index (κ3) is 22.2. The van der Waals surface area contributed by atoms with Crippen molar-refractivity contribution in [3.8, 4) is 6.07 Å². The van der Waals surface area contributed by atoms with Crippen LogP contribution in [0, 0.1) is 117 Å². The van der Waals surface area contributed by atoms with Gasteiger partial charge in [-0.1, -0.05) is 94.5 Å². The van der Waals surface area contributed by atoms with Crippen molar-refractivity contribution in [3.63, 3.8) is 0 Å². The minimum absolute atomic E-state index is 0. The maximum atomic E-state index is 13.7. The predicted molar refractivity (Wildman–Crippen MR) is 208 cm³/mol. The van der Waals surface area contributed by atoms with Gasteiger partial charge < -0.3 is 17.3 Å². The molecular weight excluding hydrogens is 850 g/mol. The molecule has 12 heteroatoms. The SMILES string of the molecule is CC#N.C[C@H]([C]1[CH][CH][CH][C]1P(C(C)(C)C)C(C)(C)C)P(c1ccc(F)cc1)c1ccc(F)cc1.C[C]1[CH][CH][C](C)[CH]1.F[B-](F)(F)F.[CH]1[CH][CH][CH][CH]1.[Fe+2].[Ru+2]. The van der Waals surface area contributed by atoms with Gasteiger partial charge in [0.2, 0.25) is 0 Å². The molecule has 1 nitrogen and oxygen atoms in total. The molecule has 5 rings (SSSR count). The number of nitrogens with zero attached hydrogens (tertiary/aromatic N) is 1. The monoisotopic (exact) mass is 901 g/mol. The minimum Gasteiger partial charge on any atom is -0.418 e. The van der Waals surface area contributed by atoms with Crippen molar-refractivity contribution in [2.75, 3.05) is 0 Å². The molecule has 0 aromatic heterocycles. The number of nitriles is 1. The van der Waals surface area contributed by atoms with Gasteiger partial charge in [-0.2, -0.15) is 5.26 Å². The van der Waals surface area contributed by atoms with Crippen LogP contribution in [0.3, 0.4) is 0 Å². The Morgan fingerprint density at radius 3 is 1.23 bits per heavy atom. The maximum absolute atomic E-state index is 13.7. The molecule has 3 saturated carbocycles. The molecule has 3 aliphatic rings. The van der Waals surface area contributed by atoms with E-state index in [1.54, 1.807) is 6.07 Å². The first-order chi connectivity index (χ1) is 23.6. The summed E-state index contributed by atoms with van der Waals surface area (Å²) in [7, 11) is -7.26. The van der Waals surface area contributed by atoms with E-state index in [2.05, 4.69) is 101 Å². The van der Waals surface area contributed by atoms with E-state index in [0.717, 1.165) is 10.6 Å². The molecule has 3 aliphatic carbocycles. The van der Waals surface area contributed by atoms with Crippen LogP contribution in [0.15, 0.2) is 48.5 Å². The largest absolute Gasteiger partial charge is 2.00 e. The summed E-state index contributed by atoms with van der Waals surface area (Å²) in [5.41, 5.74) is 1.69. The molecule has 15 radical (unpaired) electrons. The van der Waals surface area contributed by atoms with Crippen molar-refractivity contribution >= 4 is 33.7 Å². The Morgan fingerprint density at radius 2 is 0.962 bits per heavy atom. The van der Waals surface area contributed by atoms with E-state index in [9.17, 15) is 26.0 Å². The van der Waals surface area contributed by atoms with Gasteiger partial charge in [0.25, 0.3) is 0 Å². The van der Waals surface area contributed by atoms with E-state index >= 15 is 0 Å². The van der Waals surface area contributed by atoms with E-state index in [1.165, 1.54) is 54.6 Å². The van der Waals surface area contributed by atoms with Gasteiger partial charge in [0.15, 0.2) is 0 Å². The van der Waals surface area contributed by atoms with Crippen LogP contribution in [0.4, 0.5) is 26.0 Å². The molecule has 0 N–H and O–H groups in total. The van der Waals surface area contributed by atoms with Gasteiger partial charge >= 0.3 is 43.8 Å². The average Bonchev–Trinajstić information content (AvgIpc) is 3.79. The Morgan fingerprint density at radius 1 is 0.642 bits per heavy atom. The number of hydrogen-bond acceptors (Lipinski definition) is 1. The Kier molecular flexibility index (Phi) is 27.3. The molecule has 2 aromatic rings. The van der Waals surface area contributed by atoms with E-state index in [1.807, 2.05) is 56.4 Å². The molecule has 0 heterocycles. The second kappa shape index (κ2) is 26.5. The summed E-state index contributed by atoms with van der Waals surface area (Å²) < 4.78 is 66.3. The van der Waals surface area contributed by atoms with Crippen LogP contribution >= 0.6 is 15.8 Å². The summed E-state index contributed by atoms with van der Waals surface area (Å²) in [5.74, 6) is 3.62. The van der Waals surface area contributed by atoms with Gasteiger partial charge in [0.05, 0.1) is 6.07 Å². The topological polar surface area (TPSA) is 23.8 Å². The van der Waals surface area contributed by atoms with E-state index < -0.39 is 23.1 Å². The zero-order chi connectivity index (χ0) is 39.0. The molecule has 0 bridgehead atoms. The minimum atomic E-state index is -6.00. The number of rotatable bonds is 5. The number of halogens is 6.